The zero-order valence-electron chi connectivity index (χ0n) is 8.17. The topological polar surface area (TPSA) is 66.4 Å². The van der Waals surface area contributed by atoms with Gasteiger partial charge in [0.1, 0.15) is 5.54 Å². The maximum Gasteiger partial charge on any atom is 0.329 e. The van der Waals surface area contributed by atoms with Crippen LogP contribution in [0.1, 0.15) is 39.5 Å². The zero-order valence-corrected chi connectivity index (χ0v) is 8.17. The van der Waals surface area contributed by atoms with E-state index in [0.717, 1.165) is 12.8 Å². The van der Waals surface area contributed by atoms with Gasteiger partial charge >= 0.3 is 5.97 Å². The van der Waals surface area contributed by atoms with Crippen molar-refractivity contribution >= 4 is 12.4 Å². The number of amides is 1. The Kier molecular flexibility index (Phi) is 5.11. The average Bonchev–Trinajstić information content (AvgIpc) is 2.05. The predicted octanol–water partition coefficient (Wildman–Crippen LogP) is 1.16. The molecule has 0 aromatic carbocycles. The molecule has 4 heteroatoms. The summed E-state index contributed by atoms with van der Waals surface area (Å²) < 4.78 is 0. The van der Waals surface area contributed by atoms with Crippen LogP contribution in [0.25, 0.3) is 0 Å². The summed E-state index contributed by atoms with van der Waals surface area (Å²) >= 11 is 0. The van der Waals surface area contributed by atoms with E-state index in [-0.39, 0.29) is 0 Å². The van der Waals surface area contributed by atoms with E-state index in [2.05, 4.69) is 5.32 Å². The zero-order chi connectivity index (χ0) is 10.3. The Morgan fingerprint density at radius 2 is 1.85 bits per heavy atom. The fourth-order valence-electron chi connectivity index (χ4n) is 1.51. The molecule has 13 heavy (non-hydrogen) atoms. The van der Waals surface area contributed by atoms with Crippen molar-refractivity contribution in [1.82, 2.24) is 5.32 Å². The molecule has 0 saturated carbocycles. The molecule has 0 aliphatic carbocycles. The number of carbonyl (C=O) groups is 2. The number of aliphatic carboxylic acids is 1. The summed E-state index contributed by atoms with van der Waals surface area (Å²) in [6, 6.07) is 0. The Hall–Kier alpha value is -1.06. The van der Waals surface area contributed by atoms with Gasteiger partial charge in [-0.3, -0.25) is 4.79 Å². The molecule has 76 valence electrons. The van der Waals surface area contributed by atoms with Crippen molar-refractivity contribution in [1.29, 1.82) is 0 Å². The lowest BCUT2D eigenvalue weighted by atomic mass is 9.89. The minimum absolute atomic E-state index is 0.472. The summed E-state index contributed by atoms with van der Waals surface area (Å²) in [5.74, 6) is -0.941. The number of nitrogens with one attached hydrogen (secondary N) is 1. The molecule has 0 aliphatic rings. The van der Waals surface area contributed by atoms with Crippen molar-refractivity contribution < 1.29 is 14.7 Å². The van der Waals surface area contributed by atoms with Crippen LogP contribution in [0.3, 0.4) is 0 Å². The van der Waals surface area contributed by atoms with Crippen LogP contribution in [-0.2, 0) is 9.59 Å². The lowest BCUT2D eigenvalue weighted by molar-refractivity contribution is -0.147. The molecule has 0 aromatic rings. The molecule has 0 rings (SSSR count). The van der Waals surface area contributed by atoms with E-state index in [4.69, 9.17) is 5.11 Å². The molecule has 0 saturated heterocycles. The molecule has 0 aromatic heterocycles. The van der Waals surface area contributed by atoms with Gasteiger partial charge < -0.3 is 10.4 Å². The predicted molar refractivity (Wildman–Crippen MR) is 49.4 cm³/mol. The van der Waals surface area contributed by atoms with Gasteiger partial charge in [0, 0.05) is 0 Å². The van der Waals surface area contributed by atoms with E-state index in [9.17, 15) is 9.59 Å². The second-order valence-corrected chi connectivity index (χ2v) is 3.15. The Labute approximate surface area is 78.3 Å². The first-order chi connectivity index (χ1) is 6.13. The molecule has 4 nitrogen and oxygen atoms in total. The summed E-state index contributed by atoms with van der Waals surface area (Å²) in [5, 5.41) is 11.4. The van der Waals surface area contributed by atoms with Crippen molar-refractivity contribution in [3.05, 3.63) is 0 Å². The van der Waals surface area contributed by atoms with Gasteiger partial charge in [0.2, 0.25) is 6.41 Å². The number of hydrogen-bond donors (Lipinski definition) is 2. The molecule has 0 spiro atoms. The van der Waals surface area contributed by atoms with E-state index in [0.29, 0.717) is 19.3 Å². The minimum Gasteiger partial charge on any atom is -0.480 e. The van der Waals surface area contributed by atoms with E-state index in [1.807, 2.05) is 13.8 Å². The number of carbonyl (C=O) groups excluding carboxylic acids is 1. The Morgan fingerprint density at radius 1 is 1.38 bits per heavy atom. The lowest BCUT2D eigenvalue weighted by Gasteiger charge is -2.27. The molecule has 0 fully saturated rings. The Balaban J connectivity index is 4.57. The fourth-order valence-corrected chi connectivity index (χ4v) is 1.51. The quantitative estimate of drug-likeness (QED) is 0.588. The Morgan fingerprint density at radius 3 is 2.08 bits per heavy atom. The van der Waals surface area contributed by atoms with Gasteiger partial charge in [0.25, 0.3) is 0 Å². The third-order valence-corrected chi connectivity index (χ3v) is 2.10. The largest absolute Gasteiger partial charge is 0.480 e. The van der Waals surface area contributed by atoms with Crippen molar-refractivity contribution in [2.24, 2.45) is 0 Å². The molecular formula is C9H17NO3. The van der Waals surface area contributed by atoms with Crippen LogP contribution in [0, 0.1) is 0 Å². The number of rotatable bonds is 7. The number of hydrogen-bond acceptors (Lipinski definition) is 2. The second-order valence-electron chi connectivity index (χ2n) is 3.15. The van der Waals surface area contributed by atoms with Crippen LogP contribution >= 0.6 is 0 Å². The summed E-state index contributed by atoms with van der Waals surface area (Å²) in [4.78, 5) is 21.3. The van der Waals surface area contributed by atoms with Gasteiger partial charge in [-0.15, -0.1) is 0 Å². The average molecular weight is 187 g/mol. The normalized spacial score (nSPS) is 10.9. The standard InChI is InChI=1S/C9H17NO3/c1-3-5-9(6-4-2,8(12)13)10-7-11/h7H,3-6H2,1-2H3,(H,10,11)(H,12,13). The summed E-state index contributed by atoms with van der Waals surface area (Å²) in [6.07, 6.45) is 2.92. The summed E-state index contributed by atoms with van der Waals surface area (Å²) in [7, 11) is 0. The van der Waals surface area contributed by atoms with Crippen LogP contribution in [0.2, 0.25) is 0 Å². The number of carboxylic acids is 1. The number of carboxylic acid groups (broad SMARTS) is 1. The highest BCUT2D eigenvalue weighted by Crippen LogP contribution is 2.19. The first-order valence-corrected chi connectivity index (χ1v) is 4.57. The smallest absolute Gasteiger partial charge is 0.329 e. The van der Waals surface area contributed by atoms with E-state index >= 15 is 0 Å². The highest BCUT2D eigenvalue weighted by Gasteiger charge is 2.35. The maximum atomic E-state index is 11.0. The summed E-state index contributed by atoms with van der Waals surface area (Å²) in [5.41, 5.74) is -1.05. The SMILES string of the molecule is CCCC(CCC)(NC=O)C(=O)O. The van der Waals surface area contributed by atoms with Crippen molar-refractivity contribution in [3.8, 4) is 0 Å². The lowest BCUT2D eigenvalue weighted by Crippen LogP contribution is -2.51. The molecule has 1 amide bonds. The highest BCUT2D eigenvalue weighted by molar-refractivity contribution is 5.81. The van der Waals surface area contributed by atoms with Gasteiger partial charge in [-0.2, -0.15) is 0 Å². The van der Waals surface area contributed by atoms with Gasteiger partial charge in [-0.1, -0.05) is 26.7 Å². The molecule has 0 unspecified atom stereocenters. The molecule has 2 N–H and O–H groups in total. The van der Waals surface area contributed by atoms with Crippen molar-refractivity contribution in [2.45, 2.75) is 45.1 Å². The highest BCUT2D eigenvalue weighted by atomic mass is 16.4. The second kappa shape index (κ2) is 5.56. The third-order valence-electron chi connectivity index (χ3n) is 2.10. The Bertz CT molecular complexity index is 174. The molecular weight excluding hydrogens is 170 g/mol. The van der Waals surface area contributed by atoms with Crippen molar-refractivity contribution in [3.63, 3.8) is 0 Å². The van der Waals surface area contributed by atoms with Gasteiger partial charge in [-0.05, 0) is 12.8 Å². The molecule has 0 bridgehead atoms. The molecule has 0 heterocycles. The first-order valence-electron chi connectivity index (χ1n) is 4.57. The maximum absolute atomic E-state index is 11.0. The minimum atomic E-state index is -1.05. The van der Waals surface area contributed by atoms with Crippen LogP contribution < -0.4 is 5.32 Å². The van der Waals surface area contributed by atoms with E-state index < -0.39 is 11.5 Å². The first kappa shape index (κ1) is 11.9. The van der Waals surface area contributed by atoms with Crippen LogP contribution in [-0.4, -0.2) is 23.0 Å². The monoisotopic (exact) mass is 187 g/mol. The fraction of sp³-hybridized carbons (Fsp3) is 0.778. The van der Waals surface area contributed by atoms with E-state index in [1.54, 1.807) is 0 Å². The molecule has 0 radical (unpaired) electrons. The summed E-state index contributed by atoms with van der Waals surface area (Å²) in [6.45, 7) is 3.81. The van der Waals surface area contributed by atoms with Gasteiger partial charge in [-0.25, -0.2) is 4.79 Å². The third kappa shape index (κ3) is 3.05. The molecule has 0 aliphatic heterocycles. The van der Waals surface area contributed by atoms with Gasteiger partial charge in [0.15, 0.2) is 0 Å². The van der Waals surface area contributed by atoms with Crippen LogP contribution in [0.5, 0.6) is 0 Å². The molecule has 0 atom stereocenters. The van der Waals surface area contributed by atoms with Crippen molar-refractivity contribution in [2.75, 3.05) is 0 Å². The van der Waals surface area contributed by atoms with Crippen LogP contribution in [0.4, 0.5) is 0 Å². The van der Waals surface area contributed by atoms with Crippen LogP contribution in [0.15, 0.2) is 0 Å². The van der Waals surface area contributed by atoms with Gasteiger partial charge in [0.05, 0.1) is 0 Å². The van der Waals surface area contributed by atoms with E-state index in [1.165, 1.54) is 0 Å².